The number of piperazine rings is 1. The summed E-state index contributed by atoms with van der Waals surface area (Å²) in [5.41, 5.74) is 1.98. The van der Waals surface area contributed by atoms with E-state index in [2.05, 4.69) is 50.5 Å². The monoisotopic (exact) mass is 691 g/mol. The topological polar surface area (TPSA) is 111 Å². The van der Waals surface area contributed by atoms with Crippen molar-refractivity contribution >= 4 is 27.5 Å². The number of nitrogens with zero attached hydrogens (tertiary/aromatic N) is 7. The number of aromatic hydroxyl groups is 1. The van der Waals surface area contributed by atoms with Gasteiger partial charge in [0.05, 0.1) is 25.3 Å². The van der Waals surface area contributed by atoms with Crippen molar-refractivity contribution in [3.05, 3.63) is 52.6 Å². The van der Waals surface area contributed by atoms with Crippen LogP contribution >= 0.6 is 0 Å². The summed E-state index contributed by atoms with van der Waals surface area (Å²) in [6.45, 7) is 8.80. The SMILES string of the molecule is C#Cc1c(F)ccc2cc(O)cc(-c3nc(OC)c4c(N5CC6CCC(C5)N6CC#N)nc(OCC(CN5CC6CC6C5)=C(C)C)nc4c3F)c12. The molecule has 3 aliphatic heterocycles. The molecule has 1 aliphatic carbocycles. The van der Waals surface area contributed by atoms with Gasteiger partial charge in [-0.25, -0.2) is 13.8 Å². The van der Waals surface area contributed by atoms with Crippen molar-refractivity contribution in [3.8, 4) is 47.3 Å². The molecule has 4 aromatic rings. The van der Waals surface area contributed by atoms with Crippen LogP contribution in [0.25, 0.3) is 32.9 Å². The molecule has 4 fully saturated rings. The summed E-state index contributed by atoms with van der Waals surface area (Å²) in [6.07, 6.45) is 8.93. The number of rotatable bonds is 9. The van der Waals surface area contributed by atoms with Crippen LogP contribution in [0.5, 0.6) is 17.6 Å². The van der Waals surface area contributed by atoms with E-state index >= 15 is 8.78 Å². The molecule has 4 aliphatic rings. The smallest absolute Gasteiger partial charge is 0.319 e. The number of fused-ring (bicyclic) bond motifs is 5. The number of pyridine rings is 1. The van der Waals surface area contributed by atoms with Crippen LogP contribution in [0.1, 0.15) is 38.7 Å². The van der Waals surface area contributed by atoms with Crippen LogP contribution in [0.4, 0.5) is 14.6 Å². The number of hydrogen-bond acceptors (Lipinski definition) is 10. The largest absolute Gasteiger partial charge is 0.508 e. The minimum atomic E-state index is -0.816. The van der Waals surface area contributed by atoms with Crippen molar-refractivity contribution < 1.29 is 23.4 Å². The highest BCUT2D eigenvalue weighted by molar-refractivity contribution is 6.04. The summed E-state index contributed by atoms with van der Waals surface area (Å²) >= 11 is 0. The zero-order valence-corrected chi connectivity index (χ0v) is 28.9. The van der Waals surface area contributed by atoms with Gasteiger partial charge in [-0.1, -0.05) is 17.6 Å². The van der Waals surface area contributed by atoms with Crippen LogP contribution in [-0.4, -0.2) is 94.9 Å². The van der Waals surface area contributed by atoms with E-state index in [0.717, 1.165) is 55.5 Å². The highest BCUT2D eigenvalue weighted by Gasteiger charge is 2.45. The van der Waals surface area contributed by atoms with Gasteiger partial charge in [0.25, 0.3) is 0 Å². The molecule has 1 N–H and O–H groups in total. The number of piperidine rings is 1. The number of phenolic OH excluding ortho intramolecular Hbond substituents is 1. The molecule has 51 heavy (non-hydrogen) atoms. The van der Waals surface area contributed by atoms with Gasteiger partial charge < -0.3 is 19.5 Å². The van der Waals surface area contributed by atoms with Gasteiger partial charge in [0.15, 0.2) is 5.82 Å². The lowest BCUT2D eigenvalue weighted by Gasteiger charge is -2.40. The molecule has 0 spiro atoms. The van der Waals surface area contributed by atoms with Crippen LogP contribution in [-0.2, 0) is 0 Å². The number of aromatic nitrogens is 3. The average molecular weight is 692 g/mol. The molecule has 10 nitrogen and oxygen atoms in total. The molecule has 8 rings (SSSR count). The highest BCUT2D eigenvalue weighted by atomic mass is 19.1. The number of allylic oxidation sites excluding steroid dienone is 1. The fraction of sp³-hybridized carbons (Fsp3) is 0.436. The summed E-state index contributed by atoms with van der Waals surface area (Å²) in [6, 6.07) is 7.99. The van der Waals surface area contributed by atoms with Gasteiger partial charge in [0.2, 0.25) is 5.88 Å². The minimum absolute atomic E-state index is 0.00143. The zero-order valence-electron chi connectivity index (χ0n) is 28.9. The van der Waals surface area contributed by atoms with E-state index in [1.165, 1.54) is 37.8 Å². The second-order valence-corrected chi connectivity index (χ2v) is 14.5. The average Bonchev–Trinajstić information content (AvgIpc) is 3.66. The molecule has 5 heterocycles. The Morgan fingerprint density at radius 1 is 1.04 bits per heavy atom. The molecular weight excluding hydrogens is 652 g/mol. The highest BCUT2D eigenvalue weighted by Crippen LogP contribution is 2.46. The Morgan fingerprint density at radius 2 is 1.78 bits per heavy atom. The first kappa shape index (κ1) is 33.1. The Bertz CT molecular complexity index is 2170. The first-order chi connectivity index (χ1) is 24.7. The maximum absolute atomic E-state index is 17.2. The van der Waals surface area contributed by atoms with E-state index in [1.807, 2.05) is 0 Å². The van der Waals surface area contributed by atoms with Gasteiger partial charge in [0.1, 0.15) is 40.6 Å². The standard InChI is InChI=1S/C39H39F2N7O3/c1-5-29-31(40)9-6-22-13-28(49)14-30(32(22)29)35-34(41)36-33(38(43-35)50-4)37(47-18-26-7-8-27(19-47)48(26)11-10-42)45-39(44-36)51-20-25(21(2)3)17-46-15-23-12-24(23)16-46/h1,6,9,13-14,23-24,26-27,49H,7-8,11-12,15-20H2,2-4H3. The summed E-state index contributed by atoms with van der Waals surface area (Å²) in [7, 11) is 1.43. The molecule has 2 aromatic carbocycles. The van der Waals surface area contributed by atoms with Gasteiger partial charge in [-0.2, -0.15) is 15.2 Å². The lowest BCUT2D eigenvalue weighted by molar-refractivity contribution is 0.191. The predicted molar refractivity (Wildman–Crippen MR) is 190 cm³/mol. The predicted octanol–water partition coefficient (Wildman–Crippen LogP) is 5.66. The number of terminal acetylenes is 1. The van der Waals surface area contributed by atoms with Gasteiger partial charge in [-0.05, 0) is 74.1 Å². The number of nitriles is 1. The number of likely N-dealkylation sites (tertiary alicyclic amines) is 1. The second kappa shape index (κ2) is 12.9. The van der Waals surface area contributed by atoms with E-state index in [9.17, 15) is 10.4 Å². The fourth-order valence-electron chi connectivity index (χ4n) is 8.37. The molecule has 2 aromatic heterocycles. The Balaban J connectivity index is 1.27. The van der Waals surface area contributed by atoms with Gasteiger partial charge in [0, 0.05) is 55.8 Å². The van der Waals surface area contributed by atoms with E-state index in [0.29, 0.717) is 30.8 Å². The first-order valence-electron chi connectivity index (χ1n) is 17.4. The Morgan fingerprint density at radius 3 is 2.45 bits per heavy atom. The number of benzene rings is 2. The van der Waals surface area contributed by atoms with Crippen molar-refractivity contribution in [2.75, 3.05) is 57.9 Å². The van der Waals surface area contributed by atoms with Crippen molar-refractivity contribution in [1.82, 2.24) is 24.8 Å². The lowest BCUT2D eigenvalue weighted by atomic mass is 9.95. The van der Waals surface area contributed by atoms with E-state index < -0.39 is 11.6 Å². The third kappa shape index (κ3) is 5.86. The van der Waals surface area contributed by atoms with E-state index in [1.54, 1.807) is 0 Å². The number of hydrogen-bond donors (Lipinski definition) is 1. The van der Waals surface area contributed by atoms with Crippen LogP contribution in [0, 0.1) is 47.1 Å². The molecule has 2 bridgehead atoms. The summed E-state index contributed by atoms with van der Waals surface area (Å²) < 4.78 is 44.4. The van der Waals surface area contributed by atoms with Crippen LogP contribution in [0.15, 0.2) is 35.4 Å². The number of ether oxygens (including phenoxy) is 2. The van der Waals surface area contributed by atoms with Crippen LogP contribution < -0.4 is 14.4 Å². The van der Waals surface area contributed by atoms with Crippen molar-refractivity contribution in [3.63, 3.8) is 0 Å². The summed E-state index contributed by atoms with van der Waals surface area (Å²) in [4.78, 5) is 20.9. The summed E-state index contributed by atoms with van der Waals surface area (Å²) in [5, 5.41) is 21.1. The van der Waals surface area contributed by atoms with Crippen molar-refractivity contribution in [2.24, 2.45) is 11.8 Å². The zero-order chi connectivity index (χ0) is 35.6. The maximum atomic E-state index is 17.2. The lowest BCUT2D eigenvalue weighted by Crippen LogP contribution is -2.54. The van der Waals surface area contributed by atoms with E-state index in [4.69, 9.17) is 20.9 Å². The number of phenols is 1. The van der Waals surface area contributed by atoms with E-state index in [-0.39, 0.29) is 69.4 Å². The molecule has 4 unspecified atom stereocenters. The summed E-state index contributed by atoms with van der Waals surface area (Å²) in [5.74, 6) is 2.83. The normalized spacial score (nSPS) is 22.5. The fourth-order valence-corrected chi connectivity index (χ4v) is 8.37. The number of methoxy groups -OCH3 is 1. The second-order valence-electron chi connectivity index (χ2n) is 14.5. The Hall–Kier alpha value is -5.04. The van der Waals surface area contributed by atoms with Crippen molar-refractivity contribution in [1.29, 1.82) is 5.26 Å². The maximum Gasteiger partial charge on any atom is 0.319 e. The third-order valence-electron chi connectivity index (χ3n) is 11.1. The molecular formula is C39H39F2N7O3. The van der Waals surface area contributed by atoms with Gasteiger partial charge in [-0.3, -0.25) is 9.80 Å². The third-order valence-corrected chi connectivity index (χ3v) is 11.1. The minimum Gasteiger partial charge on any atom is -0.508 e. The van der Waals surface area contributed by atoms with Gasteiger partial charge >= 0.3 is 6.01 Å². The van der Waals surface area contributed by atoms with Crippen molar-refractivity contribution in [2.45, 2.75) is 45.2 Å². The van der Waals surface area contributed by atoms with Crippen LogP contribution in [0.3, 0.4) is 0 Å². The molecule has 262 valence electrons. The first-order valence-corrected chi connectivity index (χ1v) is 17.4. The Labute approximate surface area is 295 Å². The quantitative estimate of drug-likeness (QED) is 0.134. The molecule has 4 atom stereocenters. The molecule has 12 heteroatoms. The van der Waals surface area contributed by atoms with Crippen LogP contribution in [0.2, 0.25) is 0 Å². The Kier molecular flexibility index (Phi) is 8.40. The molecule has 1 saturated carbocycles. The molecule has 3 saturated heterocycles. The molecule has 0 amide bonds. The van der Waals surface area contributed by atoms with Gasteiger partial charge in [-0.15, -0.1) is 6.42 Å². The number of anilines is 1. The molecule has 0 radical (unpaired) electrons. The number of halogens is 2.